The van der Waals surface area contributed by atoms with Gasteiger partial charge in [0.1, 0.15) is 12.1 Å². The van der Waals surface area contributed by atoms with Crippen molar-refractivity contribution in [3.8, 4) is 0 Å². The number of esters is 1. The maximum absolute atomic E-state index is 11.3. The summed E-state index contributed by atoms with van der Waals surface area (Å²) >= 11 is 0. The van der Waals surface area contributed by atoms with E-state index < -0.39 is 17.4 Å². The van der Waals surface area contributed by atoms with E-state index in [1.165, 1.54) is 25.4 Å². The van der Waals surface area contributed by atoms with E-state index in [2.05, 4.69) is 15.0 Å². The molecule has 0 saturated heterocycles. The second-order valence-electron chi connectivity index (χ2n) is 2.67. The van der Waals surface area contributed by atoms with Crippen molar-refractivity contribution in [2.75, 3.05) is 13.7 Å². The number of hydrogen-bond acceptors (Lipinski definition) is 4. The van der Waals surface area contributed by atoms with Gasteiger partial charge in [-0.15, -0.1) is 0 Å². The Labute approximate surface area is 85.3 Å². The zero-order valence-electron chi connectivity index (χ0n) is 8.07. The van der Waals surface area contributed by atoms with E-state index in [0.717, 1.165) is 0 Å². The quantitative estimate of drug-likeness (QED) is 0.644. The van der Waals surface area contributed by atoms with E-state index in [0.29, 0.717) is 0 Å². The highest BCUT2D eigenvalue weighted by atomic mass is 16.5. The van der Waals surface area contributed by atoms with Crippen LogP contribution in [0.2, 0.25) is 0 Å². The molecule has 0 saturated carbocycles. The number of aromatic amines is 1. The Morgan fingerprint density at radius 2 is 2.27 bits per heavy atom. The highest BCUT2D eigenvalue weighted by molar-refractivity contribution is 5.95. The SMILES string of the molecule is COC(=O)CNC(=O)c1ccc[nH]c1=O. The highest BCUT2D eigenvalue weighted by Gasteiger charge is 2.10. The first kappa shape index (κ1) is 11.0. The van der Waals surface area contributed by atoms with Crippen LogP contribution < -0.4 is 10.9 Å². The molecule has 1 heterocycles. The molecular formula is C9H10N2O4. The molecule has 2 N–H and O–H groups in total. The van der Waals surface area contributed by atoms with Crippen LogP contribution in [0.25, 0.3) is 0 Å². The van der Waals surface area contributed by atoms with Gasteiger partial charge in [0.05, 0.1) is 7.11 Å². The van der Waals surface area contributed by atoms with Crippen LogP contribution in [0.4, 0.5) is 0 Å². The number of carbonyl (C=O) groups excluding carboxylic acids is 2. The first-order chi connectivity index (χ1) is 7.15. The summed E-state index contributed by atoms with van der Waals surface area (Å²) < 4.78 is 4.33. The molecule has 1 aromatic rings. The minimum absolute atomic E-state index is 0.0404. The summed E-state index contributed by atoms with van der Waals surface area (Å²) in [7, 11) is 1.21. The molecule has 0 unspecified atom stereocenters. The van der Waals surface area contributed by atoms with Gasteiger partial charge >= 0.3 is 5.97 Å². The first-order valence-electron chi connectivity index (χ1n) is 4.18. The monoisotopic (exact) mass is 210 g/mol. The van der Waals surface area contributed by atoms with Gasteiger partial charge in [0.25, 0.3) is 11.5 Å². The average Bonchev–Trinajstić information content (AvgIpc) is 2.26. The van der Waals surface area contributed by atoms with Gasteiger partial charge in [-0.1, -0.05) is 0 Å². The molecule has 6 nitrogen and oxygen atoms in total. The summed E-state index contributed by atoms with van der Waals surface area (Å²) in [4.78, 5) is 35.5. The number of methoxy groups -OCH3 is 1. The fraction of sp³-hybridized carbons (Fsp3) is 0.222. The van der Waals surface area contributed by atoms with Gasteiger partial charge < -0.3 is 15.0 Å². The summed E-state index contributed by atoms with van der Waals surface area (Å²) in [5.74, 6) is -1.18. The molecule has 0 aliphatic rings. The Hall–Kier alpha value is -2.11. The van der Waals surface area contributed by atoms with Crippen molar-refractivity contribution in [1.82, 2.24) is 10.3 Å². The van der Waals surface area contributed by atoms with Crippen molar-refractivity contribution in [3.05, 3.63) is 34.2 Å². The molecule has 0 atom stereocenters. The molecule has 0 aliphatic heterocycles. The third kappa shape index (κ3) is 2.94. The van der Waals surface area contributed by atoms with E-state index in [9.17, 15) is 14.4 Å². The fourth-order valence-electron chi connectivity index (χ4n) is 0.920. The maximum Gasteiger partial charge on any atom is 0.325 e. The Bertz CT molecular complexity index is 424. The lowest BCUT2D eigenvalue weighted by molar-refractivity contribution is -0.139. The molecule has 1 aromatic heterocycles. The summed E-state index contributed by atoms with van der Waals surface area (Å²) in [5.41, 5.74) is -0.540. The lowest BCUT2D eigenvalue weighted by Gasteiger charge is -2.02. The van der Waals surface area contributed by atoms with Crippen molar-refractivity contribution < 1.29 is 14.3 Å². The van der Waals surface area contributed by atoms with E-state index in [1.54, 1.807) is 0 Å². The minimum atomic E-state index is -0.609. The summed E-state index contributed by atoms with van der Waals surface area (Å²) in [6, 6.07) is 2.89. The third-order valence-corrected chi connectivity index (χ3v) is 1.68. The average molecular weight is 210 g/mol. The van der Waals surface area contributed by atoms with Gasteiger partial charge in [-0.3, -0.25) is 14.4 Å². The number of carbonyl (C=O) groups is 2. The number of hydrogen-bond donors (Lipinski definition) is 2. The van der Waals surface area contributed by atoms with Gasteiger partial charge in [0, 0.05) is 6.20 Å². The summed E-state index contributed by atoms with van der Waals surface area (Å²) in [5, 5.41) is 2.26. The van der Waals surface area contributed by atoms with E-state index in [4.69, 9.17) is 0 Å². The maximum atomic E-state index is 11.3. The van der Waals surface area contributed by atoms with Crippen molar-refractivity contribution in [2.45, 2.75) is 0 Å². The minimum Gasteiger partial charge on any atom is -0.468 e. The molecule has 0 spiro atoms. The van der Waals surface area contributed by atoms with Crippen LogP contribution in [-0.4, -0.2) is 30.5 Å². The number of nitrogens with one attached hydrogen (secondary N) is 2. The summed E-state index contributed by atoms with van der Waals surface area (Å²) in [6.07, 6.45) is 1.42. The van der Waals surface area contributed by atoms with Crippen LogP contribution in [0.15, 0.2) is 23.1 Å². The van der Waals surface area contributed by atoms with Crippen molar-refractivity contribution in [3.63, 3.8) is 0 Å². The van der Waals surface area contributed by atoms with Gasteiger partial charge in [-0.05, 0) is 12.1 Å². The van der Waals surface area contributed by atoms with E-state index in [1.807, 2.05) is 0 Å². The van der Waals surface area contributed by atoms with E-state index in [-0.39, 0.29) is 12.1 Å². The predicted octanol–water partition coefficient (Wildman–Crippen LogP) is -0.722. The van der Waals surface area contributed by atoms with Gasteiger partial charge in [0.2, 0.25) is 0 Å². The number of rotatable bonds is 3. The molecule has 1 rings (SSSR count). The molecule has 80 valence electrons. The van der Waals surface area contributed by atoms with Crippen LogP contribution in [0.5, 0.6) is 0 Å². The van der Waals surface area contributed by atoms with E-state index >= 15 is 0 Å². The molecular weight excluding hydrogens is 200 g/mol. The largest absolute Gasteiger partial charge is 0.468 e. The lowest BCUT2D eigenvalue weighted by atomic mass is 10.2. The van der Waals surface area contributed by atoms with Gasteiger partial charge in [0.15, 0.2) is 0 Å². The number of aromatic nitrogens is 1. The molecule has 0 fully saturated rings. The number of H-pyrrole nitrogens is 1. The van der Waals surface area contributed by atoms with Gasteiger partial charge in [-0.2, -0.15) is 0 Å². The normalized spacial score (nSPS) is 9.40. The molecule has 15 heavy (non-hydrogen) atoms. The van der Waals surface area contributed by atoms with Crippen molar-refractivity contribution in [1.29, 1.82) is 0 Å². The second kappa shape index (κ2) is 4.94. The number of pyridine rings is 1. The van der Waals surface area contributed by atoms with Gasteiger partial charge in [-0.25, -0.2) is 0 Å². The molecule has 0 aromatic carbocycles. The predicted molar refractivity (Wildman–Crippen MR) is 51.4 cm³/mol. The van der Waals surface area contributed by atoms with Crippen molar-refractivity contribution >= 4 is 11.9 Å². The smallest absolute Gasteiger partial charge is 0.325 e. The second-order valence-corrected chi connectivity index (χ2v) is 2.67. The fourth-order valence-corrected chi connectivity index (χ4v) is 0.920. The van der Waals surface area contributed by atoms with Crippen LogP contribution in [0, 0.1) is 0 Å². The Morgan fingerprint density at radius 3 is 2.87 bits per heavy atom. The zero-order chi connectivity index (χ0) is 11.3. The molecule has 0 radical (unpaired) electrons. The van der Waals surface area contributed by atoms with Crippen LogP contribution >= 0.6 is 0 Å². The van der Waals surface area contributed by atoms with Crippen molar-refractivity contribution in [2.24, 2.45) is 0 Å². The molecule has 0 bridgehead atoms. The number of amides is 1. The lowest BCUT2D eigenvalue weighted by Crippen LogP contribution is -2.33. The first-order valence-corrected chi connectivity index (χ1v) is 4.18. The topological polar surface area (TPSA) is 88.3 Å². The zero-order valence-corrected chi connectivity index (χ0v) is 8.07. The molecule has 1 amide bonds. The Kier molecular flexibility index (Phi) is 3.61. The van der Waals surface area contributed by atoms with Crippen LogP contribution in [0.1, 0.15) is 10.4 Å². The third-order valence-electron chi connectivity index (χ3n) is 1.68. The number of ether oxygens (including phenoxy) is 1. The molecule has 0 aliphatic carbocycles. The Morgan fingerprint density at radius 1 is 1.53 bits per heavy atom. The van der Waals surface area contributed by atoms with Crippen LogP contribution in [0.3, 0.4) is 0 Å². The highest BCUT2D eigenvalue weighted by Crippen LogP contribution is 1.88. The van der Waals surface area contributed by atoms with Crippen LogP contribution in [-0.2, 0) is 9.53 Å². The summed E-state index contributed by atoms with van der Waals surface area (Å²) in [6.45, 7) is -0.260. The molecule has 6 heteroatoms. The Balaban J connectivity index is 2.66. The standard InChI is InChI=1S/C9H10N2O4/c1-15-7(12)5-11-9(14)6-3-2-4-10-8(6)13/h2-4H,5H2,1H3,(H,10,13)(H,11,14).